The zero-order valence-electron chi connectivity index (χ0n) is 10.6. The number of aliphatic hydroxyl groups is 1. The van der Waals surface area contributed by atoms with Crippen LogP contribution in [0.3, 0.4) is 0 Å². The van der Waals surface area contributed by atoms with Gasteiger partial charge in [-0.1, -0.05) is 0 Å². The summed E-state index contributed by atoms with van der Waals surface area (Å²) >= 11 is 0. The number of nitrogens with zero attached hydrogens (tertiary/aromatic N) is 1. The standard InChI is InChI=1S/C10H19N3O4S/c1-8-10(9(2)13-12-8)18(15,16)11-4-3-6-17-7-5-14/h11,14H,3-7H2,1-2H3,(H,12,13). The van der Waals surface area contributed by atoms with Crippen molar-refractivity contribution in [3.8, 4) is 0 Å². The number of H-pyrrole nitrogens is 1. The monoisotopic (exact) mass is 277 g/mol. The van der Waals surface area contributed by atoms with Gasteiger partial charge in [-0.05, 0) is 20.3 Å². The van der Waals surface area contributed by atoms with E-state index in [1.165, 1.54) is 0 Å². The molecular weight excluding hydrogens is 258 g/mol. The normalized spacial score (nSPS) is 11.9. The zero-order chi connectivity index (χ0) is 13.6. The van der Waals surface area contributed by atoms with Crippen LogP contribution in [0.25, 0.3) is 0 Å². The summed E-state index contributed by atoms with van der Waals surface area (Å²) in [5.41, 5.74) is 0.980. The van der Waals surface area contributed by atoms with Crippen molar-refractivity contribution >= 4 is 10.0 Å². The minimum Gasteiger partial charge on any atom is -0.394 e. The molecule has 0 spiro atoms. The molecule has 0 atom stereocenters. The lowest BCUT2D eigenvalue weighted by atomic mass is 10.4. The maximum Gasteiger partial charge on any atom is 0.244 e. The van der Waals surface area contributed by atoms with Crippen LogP contribution in [-0.2, 0) is 14.8 Å². The van der Waals surface area contributed by atoms with Crippen molar-refractivity contribution in [2.24, 2.45) is 0 Å². The fourth-order valence-corrected chi connectivity index (χ4v) is 3.00. The van der Waals surface area contributed by atoms with Crippen LogP contribution >= 0.6 is 0 Å². The van der Waals surface area contributed by atoms with Crippen molar-refractivity contribution < 1.29 is 18.3 Å². The average Bonchev–Trinajstić information content (AvgIpc) is 2.64. The van der Waals surface area contributed by atoms with E-state index >= 15 is 0 Å². The molecule has 1 aromatic heterocycles. The Morgan fingerprint density at radius 2 is 2.11 bits per heavy atom. The van der Waals surface area contributed by atoms with Crippen molar-refractivity contribution in [1.82, 2.24) is 14.9 Å². The molecule has 0 fully saturated rings. The summed E-state index contributed by atoms with van der Waals surface area (Å²) in [4.78, 5) is 0.207. The quantitative estimate of drug-likeness (QED) is 0.566. The zero-order valence-corrected chi connectivity index (χ0v) is 11.4. The molecule has 0 bridgehead atoms. The largest absolute Gasteiger partial charge is 0.394 e. The third kappa shape index (κ3) is 4.05. The number of aromatic amines is 1. The van der Waals surface area contributed by atoms with Crippen molar-refractivity contribution in [2.45, 2.75) is 25.2 Å². The van der Waals surface area contributed by atoms with Crippen LogP contribution in [0.15, 0.2) is 4.90 Å². The third-order valence-corrected chi connectivity index (χ3v) is 4.05. The van der Waals surface area contributed by atoms with Crippen LogP contribution in [0.2, 0.25) is 0 Å². The van der Waals surface area contributed by atoms with Gasteiger partial charge < -0.3 is 9.84 Å². The number of hydrogen-bond donors (Lipinski definition) is 3. The number of aromatic nitrogens is 2. The van der Waals surface area contributed by atoms with E-state index in [4.69, 9.17) is 9.84 Å². The molecule has 3 N–H and O–H groups in total. The fraction of sp³-hybridized carbons (Fsp3) is 0.700. The molecule has 1 aromatic rings. The molecule has 0 unspecified atom stereocenters. The Kier molecular flexibility index (Phi) is 5.73. The minimum absolute atomic E-state index is 0.0286. The van der Waals surface area contributed by atoms with Crippen LogP contribution in [0.1, 0.15) is 17.8 Å². The molecule has 0 aliphatic heterocycles. The maximum absolute atomic E-state index is 12.0. The van der Waals surface area contributed by atoms with Gasteiger partial charge in [0, 0.05) is 13.2 Å². The number of rotatable bonds is 8. The van der Waals surface area contributed by atoms with Crippen molar-refractivity contribution in [3.63, 3.8) is 0 Å². The minimum atomic E-state index is -3.52. The number of aliphatic hydroxyl groups excluding tert-OH is 1. The predicted molar refractivity (Wildman–Crippen MR) is 65.8 cm³/mol. The Morgan fingerprint density at radius 3 is 2.67 bits per heavy atom. The summed E-state index contributed by atoms with van der Waals surface area (Å²) in [6.45, 7) is 4.25. The number of ether oxygens (including phenoxy) is 1. The van der Waals surface area contributed by atoms with E-state index in [2.05, 4.69) is 14.9 Å². The van der Waals surface area contributed by atoms with E-state index < -0.39 is 10.0 Å². The molecule has 18 heavy (non-hydrogen) atoms. The van der Waals surface area contributed by atoms with Gasteiger partial charge in [0.05, 0.1) is 24.6 Å². The SMILES string of the molecule is Cc1n[nH]c(C)c1S(=O)(=O)NCCCOCCO. The summed E-state index contributed by atoms with van der Waals surface area (Å²) in [5, 5.41) is 15.0. The highest BCUT2D eigenvalue weighted by Crippen LogP contribution is 2.15. The van der Waals surface area contributed by atoms with Gasteiger partial charge in [-0.25, -0.2) is 13.1 Å². The van der Waals surface area contributed by atoms with Crippen molar-refractivity contribution in [1.29, 1.82) is 0 Å². The van der Waals surface area contributed by atoms with Gasteiger partial charge in [0.1, 0.15) is 4.90 Å². The summed E-state index contributed by atoms with van der Waals surface area (Å²) in [7, 11) is -3.52. The number of nitrogens with one attached hydrogen (secondary N) is 2. The lowest BCUT2D eigenvalue weighted by Gasteiger charge is -2.07. The van der Waals surface area contributed by atoms with Crippen molar-refractivity contribution in [2.75, 3.05) is 26.4 Å². The number of aryl methyl sites for hydroxylation is 2. The fourth-order valence-electron chi connectivity index (χ4n) is 1.56. The second-order valence-corrected chi connectivity index (χ2v) is 5.55. The smallest absolute Gasteiger partial charge is 0.244 e. The molecule has 1 heterocycles. The van der Waals surface area contributed by atoms with Crippen LogP contribution in [-0.4, -0.2) is 50.1 Å². The second-order valence-electron chi connectivity index (χ2n) is 3.85. The highest BCUT2D eigenvalue weighted by atomic mass is 32.2. The van der Waals surface area contributed by atoms with Gasteiger partial charge in [0.25, 0.3) is 0 Å². The molecule has 0 radical (unpaired) electrons. The summed E-state index contributed by atoms with van der Waals surface area (Å²) < 4.78 is 31.5. The molecular formula is C10H19N3O4S. The van der Waals surface area contributed by atoms with Crippen LogP contribution in [0.4, 0.5) is 0 Å². The van der Waals surface area contributed by atoms with E-state index in [1.807, 2.05) is 0 Å². The molecule has 1 rings (SSSR count). The first-order valence-corrected chi connectivity index (χ1v) is 7.17. The second kappa shape index (κ2) is 6.83. The first-order valence-electron chi connectivity index (χ1n) is 5.69. The van der Waals surface area contributed by atoms with Gasteiger partial charge in [-0.15, -0.1) is 0 Å². The summed E-state index contributed by atoms with van der Waals surface area (Å²) in [6, 6.07) is 0. The molecule has 0 aliphatic rings. The molecule has 8 heteroatoms. The first kappa shape index (κ1) is 15.1. The van der Waals surface area contributed by atoms with E-state index in [0.717, 1.165) is 0 Å². The number of hydrogen-bond acceptors (Lipinski definition) is 5. The lowest BCUT2D eigenvalue weighted by molar-refractivity contribution is 0.0913. The Balaban J connectivity index is 2.46. The Labute approximate surface area is 107 Å². The third-order valence-electron chi connectivity index (χ3n) is 2.32. The highest BCUT2D eigenvalue weighted by molar-refractivity contribution is 7.89. The average molecular weight is 277 g/mol. The van der Waals surface area contributed by atoms with E-state index in [1.54, 1.807) is 13.8 Å². The predicted octanol–water partition coefficient (Wildman–Crippen LogP) is -0.296. The van der Waals surface area contributed by atoms with Gasteiger partial charge in [0.15, 0.2) is 0 Å². The number of sulfonamides is 1. The molecule has 0 aromatic carbocycles. The molecule has 7 nitrogen and oxygen atoms in total. The van der Waals surface area contributed by atoms with E-state index in [-0.39, 0.29) is 24.7 Å². The van der Waals surface area contributed by atoms with Crippen molar-refractivity contribution in [3.05, 3.63) is 11.4 Å². The maximum atomic E-state index is 12.0. The molecule has 0 amide bonds. The Hall–Kier alpha value is -0.960. The highest BCUT2D eigenvalue weighted by Gasteiger charge is 2.21. The lowest BCUT2D eigenvalue weighted by Crippen LogP contribution is -2.26. The van der Waals surface area contributed by atoms with Crippen LogP contribution in [0.5, 0.6) is 0 Å². The van der Waals surface area contributed by atoms with Gasteiger partial charge in [0.2, 0.25) is 10.0 Å². The first-order chi connectivity index (χ1) is 8.49. The van der Waals surface area contributed by atoms with E-state index in [9.17, 15) is 8.42 Å². The summed E-state index contributed by atoms with van der Waals surface area (Å²) in [6.07, 6.45) is 0.551. The van der Waals surface area contributed by atoms with E-state index in [0.29, 0.717) is 24.4 Å². The summed E-state index contributed by atoms with van der Waals surface area (Å²) in [5.74, 6) is 0. The van der Waals surface area contributed by atoms with Crippen LogP contribution < -0.4 is 4.72 Å². The van der Waals surface area contributed by atoms with Gasteiger partial charge in [-0.2, -0.15) is 5.10 Å². The molecule has 0 saturated heterocycles. The Morgan fingerprint density at radius 1 is 1.39 bits per heavy atom. The molecule has 0 saturated carbocycles. The van der Waals surface area contributed by atoms with Gasteiger partial charge >= 0.3 is 0 Å². The topological polar surface area (TPSA) is 104 Å². The molecule has 0 aliphatic carbocycles. The molecule has 104 valence electrons. The van der Waals surface area contributed by atoms with Crippen LogP contribution in [0, 0.1) is 13.8 Å². The van der Waals surface area contributed by atoms with Gasteiger partial charge in [-0.3, -0.25) is 5.10 Å². The Bertz CT molecular complexity index is 450.